The highest BCUT2D eigenvalue weighted by molar-refractivity contribution is 7.25. The number of hydrogen-bond acceptors (Lipinski definition) is 4. The maximum Gasteiger partial charge on any atom is 0.164 e. The van der Waals surface area contributed by atoms with Crippen LogP contribution < -0.4 is 0 Å². The van der Waals surface area contributed by atoms with Crippen LogP contribution in [0.3, 0.4) is 0 Å². The predicted octanol–water partition coefficient (Wildman–Crippen LogP) is 12.2. The smallest absolute Gasteiger partial charge is 0.164 e. The first kappa shape index (κ1) is 22.4. The molecule has 0 aliphatic rings. The number of benzene rings is 7. The summed E-state index contributed by atoms with van der Waals surface area (Å²) >= 11 is 1.05. The van der Waals surface area contributed by atoms with Gasteiger partial charge in [0.2, 0.25) is 0 Å². The van der Waals surface area contributed by atoms with Crippen LogP contribution in [0.25, 0.3) is 87.7 Å². The van der Waals surface area contributed by atoms with Crippen LogP contribution in [-0.4, -0.2) is 15.0 Å². The van der Waals surface area contributed by atoms with Crippen LogP contribution in [0.2, 0.25) is 0 Å². The third kappa shape index (κ3) is 5.69. The van der Waals surface area contributed by atoms with Crippen molar-refractivity contribution in [3.8, 4) is 67.5 Å². The molecule has 9 aromatic rings. The fraction of sp³-hybridized carbons (Fsp3) is 0. The summed E-state index contributed by atoms with van der Waals surface area (Å²) in [6.07, 6.45) is 0. The quantitative estimate of drug-likeness (QED) is 0.180. The lowest BCUT2D eigenvalue weighted by Crippen LogP contribution is -2.00. The minimum Gasteiger partial charge on any atom is -0.208 e. The van der Waals surface area contributed by atoms with Crippen molar-refractivity contribution in [2.45, 2.75) is 0 Å². The summed E-state index contributed by atoms with van der Waals surface area (Å²) in [4.78, 5) is 14.8. The zero-order valence-electron chi connectivity index (χ0n) is 33.0. The average molecular weight is 651 g/mol. The lowest BCUT2D eigenvalue weighted by atomic mass is 10.0. The number of thiophene rings is 1. The molecule has 4 heteroatoms. The van der Waals surface area contributed by atoms with E-state index in [0.717, 1.165) is 44.7 Å². The predicted molar refractivity (Wildman–Crippen MR) is 205 cm³/mol. The number of nitrogens with zero attached hydrogens (tertiary/aromatic N) is 3. The first-order valence-corrected chi connectivity index (χ1v) is 16.6. The average Bonchev–Trinajstić information content (AvgIpc) is 3.67. The Morgan fingerprint density at radius 2 is 0.735 bits per heavy atom. The van der Waals surface area contributed by atoms with Crippen LogP contribution in [0.15, 0.2) is 176 Å². The van der Waals surface area contributed by atoms with Gasteiger partial charge in [-0.25, -0.2) is 15.0 Å². The van der Waals surface area contributed by atoms with Gasteiger partial charge in [0.1, 0.15) is 0 Å². The third-order valence-electron chi connectivity index (χ3n) is 8.45. The molecule has 0 aliphatic carbocycles. The molecule has 0 atom stereocenters. The van der Waals surface area contributed by atoms with Crippen molar-refractivity contribution in [2.75, 3.05) is 0 Å². The third-order valence-corrected chi connectivity index (χ3v) is 9.47. The molecule has 0 radical (unpaired) electrons. The van der Waals surface area contributed by atoms with Crippen molar-refractivity contribution in [3.05, 3.63) is 176 Å². The Bertz CT molecular complexity index is 2850. The summed E-state index contributed by atoms with van der Waals surface area (Å²) < 4.78 is 60.9. The van der Waals surface area contributed by atoms with Gasteiger partial charge in [-0.1, -0.05) is 164 Å². The number of aromatic nitrogens is 3. The zero-order chi connectivity index (χ0) is 38.7. The Kier molecular flexibility index (Phi) is 5.67. The Hall–Kier alpha value is -6.23. The first-order chi connectivity index (χ1) is 27.2. The summed E-state index contributed by atoms with van der Waals surface area (Å²) in [5.41, 5.74) is 7.49. The van der Waals surface area contributed by atoms with Crippen LogP contribution in [0.4, 0.5) is 0 Å². The van der Waals surface area contributed by atoms with E-state index in [1.54, 1.807) is 12.1 Å². The van der Waals surface area contributed by atoms with Crippen LogP contribution in [0.1, 0.15) is 9.60 Å². The molecule has 9 rings (SSSR count). The molecular formula is C45H29N3S. The van der Waals surface area contributed by atoms with Gasteiger partial charge in [-0.05, 0) is 45.5 Å². The molecular weight excluding hydrogens is 615 g/mol. The second-order valence-electron chi connectivity index (χ2n) is 11.5. The van der Waals surface area contributed by atoms with Crippen LogP contribution >= 0.6 is 11.3 Å². The van der Waals surface area contributed by atoms with Gasteiger partial charge in [-0.15, -0.1) is 11.3 Å². The monoisotopic (exact) mass is 650 g/mol. The van der Waals surface area contributed by atoms with Crippen molar-refractivity contribution >= 4 is 31.5 Å². The Morgan fingerprint density at radius 3 is 1.22 bits per heavy atom. The SMILES string of the molecule is [2H]c1c([2H])c([2H])c2c(sc3c([2H])c(-c4ccc(-c5nc(-c6ccc(-c7ccccc7)cc6)nc(-c6ccc(-c7ccccc7)cc6)n5)cc4)c([2H])c([2H])c32)c1[2H]. The van der Waals surface area contributed by atoms with E-state index in [4.69, 9.17) is 24.5 Å². The van der Waals surface area contributed by atoms with Crippen molar-refractivity contribution in [2.24, 2.45) is 0 Å². The molecule has 2 aromatic heterocycles. The Labute approximate surface area is 298 Å². The molecule has 7 aromatic carbocycles. The maximum absolute atomic E-state index is 9.16. The Morgan fingerprint density at radius 1 is 0.347 bits per heavy atom. The molecule has 3 nitrogen and oxygen atoms in total. The lowest BCUT2D eigenvalue weighted by molar-refractivity contribution is 1.07. The van der Waals surface area contributed by atoms with Crippen molar-refractivity contribution in [1.82, 2.24) is 15.0 Å². The highest BCUT2D eigenvalue weighted by Gasteiger charge is 2.14. The molecule has 49 heavy (non-hydrogen) atoms. The van der Waals surface area contributed by atoms with E-state index in [2.05, 4.69) is 48.5 Å². The van der Waals surface area contributed by atoms with Gasteiger partial charge in [-0.3, -0.25) is 0 Å². The van der Waals surface area contributed by atoms with Gasteiger partial charge in [0.05, 0.1) is 9.60 Å². The molecule has 230 valence electrons. The van der Waals surface area contributed by atoms with Crippen LogP contribution in [0, 0.1) is 0 Å². The highest BCUT2D eigenvalue weighted by atomic mass is 32.1. The van der Waals surface area contributed by atoms with Gasteiger partial charge in [0.15, 0.2) is 17.5 Å². The second kappa shape index (κ2) is 12.4. The summed E-state index contributed by atoms with van der Waals surface area (Å²) in [5, 5.41) is 0.377. The number of fused-ring (bicyclic) bond motifs is 3. The van der Waals surface area contributed by atoms with Gasteiger partial charge in [0, 0.05) is 36.9 Å². The topological polar surface area (TPSA) is 38.7 Å². The second-order valence-corrected chi connectivity index (χ2v) is 12.6. The van der Waals surface area contributed by atoms with Gasteiger partial charge in [0.25, 0.3) is 0 Å². The normalized spacial score (nSPS) is 13.3. The number of rotatable bonds is 6. The molecule has 0 aliphatic heterocycles. The van der Waals surface area contributed by atoms with Crippen LogP contribution in [0.5, 0.6) is 0 Å². The summed E-state index contributed by atoms with van der Waals surface area (Å²) in [7, 11) is 0. The number of hydrogen-bond donors (Lipinski definition) is 0. The van der Waals surface area contributed by atoms with E-state index in [0.29, 0.717) is 33.3 Å². The molecule has 0 N–H and O–H groups in total. The summed E-state index contributed by atoms with van der Waals surface area (Å²) in [6.45, 7) is 0. The fourth-order valence-corrected chi connectivity index (χ4v) is 6.85. The van der Waals surface area contributed by atoms with Crippen LogP contribution in [-0.2, 0) is 0 Å². The van der Waals surface area contributed by atoms with Gasteiger partial charge >= 0.3 is 0 Å². The van der Waals surface area contributed by atoms with E-state index >= 15 is 0 Å². The minimum absolute atomic E-state index is 0.00514. The maximum atomic E-state index is 9.16. The summed E-state index contributed by atoms with van der Waals surface area (Å²) in [6, 6.07) is 42.1. The van der Waals surface area contributed by atoms with Crippen molar-refractivity contribution < 1.29 is 9.60 Å². The molecule has 0 saturated heterocycles. The van der Waals surface area contributed by atoms with E-state index < -0.39 is 6.04 Å². The lowest BCUT2D eigenvalue weighted by Gasteiger charge is -2.10. The highest BCUT2D eigenvalue weighted by Crippen LogP contribution is 2.37. The molecule has 0 bridgehead atoms. The van der Waals surface area contributed by atoms with Crippen molar-refractivity contribution in [1.29, 1.82) is 0 Å². The van der Waals surface area contributed by atoms with Crippen molar-refractivity contribution in [3.63, 3.8) is 0 Å². The van der Waals surface area contributed by atoms with Gasteiger partial charge in [-0.2, -0.15) is 0 Å². The zero-order valence-corrected chi connectivity index (χ0v) is 26.8. The molecule has 0 fully saturated rings. The van der Waals surface area contributed by atoms with Gasteiger partial charge < -0.3 is 0 Å². The van der Waals surface area contributed by atoms with E-state index in [-0.39, 0.29) is 57.3 Å². The standard InChI is InChI=1S/C45H29N3S/c1-3-9-30(10-4-1)32-15-21-35(22-16-32)43-46-44(36-23-17-33(18-24-36)31-11-5-2-6-12-31)48-45(47-43)37-25-19-34(20-26-37)38-27-28-40-39-13-7-8-14-41(39)49-42(40)29-38/h1-29H/i7D,8D,13D,14D,27D,28D,29D. The van der Waals surface area contributed by atoms with E-state index in [9.17, 15) is 0 Å². The fourth-order valence-electron chi connectivity index (χ4n) is 5.88. The molecule has 0 unspecified atom stereocenters. The summed E-state index contributed by atoms with van der Waals surface area (Å²) in [5.74, 6) is 1.45. The minimum atomic E-state index is -0.405. The Balaban J connectivity index is 1.14. The molecule has 2 heterocycles. The molecule has 0 amide bonds. The van der Waals surface area contributed by atoms with E-state index in [1.165, 1.54) is 0 Å². The molecule has 0 spiro atoms. The molecule has 0 saturated carbocycles. The van der Waals surface area contributed by atoms with E-state index in [1.807, 2.05) is 72.8 Å². The largest absolute Gasteiger partial charge is 0.208 e. The first-order valence-electron chi connectivity index (χ1n) is 19.3.